The summed E-state index contributed by atoms with van der Waals surface area (Å²) in [4.78, 5) is 35.1. The van der Waals surface area contributed by atoms with Crippen molar-refractivity contribution >= 4 is 11.9 Å². The van der Waals surface area contributed by atoms with Crippen molar-refractivity contribution in [3.05, 3.63) is 113 Å². The van der Waals surface area contributed by atoms with Gasteiger partial charge in [0.1, 0.15) is 0 Å². The Balaban J connectivity index is 0.985. The SMILES string of the molecule is CN(C)CCCN(c1ncc2c(n1)-c1ccccc1C1(CCNCC1)C2)C(CCN(C)C)N1CCC2(CC1)Cc1cnc(NCCc3cccnc3)nc1-c1ccccc12. The van der Waals surface area contributed by atoms with Crippen LogP contribution in [0.1, 0.15) is 66.3 Å². The molecule has 11 nitrogen and oxygen atoms in total. The smallest absolute Gasteiger partial charge is 0.227 e. The number of benzene rings is 2. The summed E-state index contributed by atoms with van der Waals surface area (Å²) in [7, 11) is 8.74. The van der Waals surface area contributed by atoms with Crippen molar-refractivity contribution in [3.8, 4) is 22.5 Å². The van der Waals surface area contributed by atoms with Crippen molar-refractivity contribution in [1.29, 1.82) is 0 Å². The van der Waals surface area contributed by atoms with Crippen molar-refractivity contribution in [1.82, 2.24) is 44.9 Å². The molecule has 3 aromatic heterocycles. The molecule has 2 fully saturated rings. The van der Waals surface area contributed by atoms with Gasteiger partial charge in [-0.05, 0) is 139 Å². The van der Waals surface area contributed by atoms with Gasteiger partial charge in [-0.2, -0.15) is 0 Å². The summed E-state index contributed by atoms with van der Waals surface area (Å²) in [6.07, 6.45) is 17.6. The molecule has 0 radical (unpaired) electrons. The number of piperidine rings is 2. The van der Waals surface area contributed by atoms with Crippen LogP contribution in [-0.2, 0) is 30.1 Å². The molecule has 60 heavy (non-hydrogen) atoms. The number of nitrogens with one attached hydrogen (secondary N) is 2. The minimum atomic E-state index is 0.0389. The molecular formula is C49H63N11. The third-order valence-corrected chi connectivity index (χ3v) is 13.9. The van der Waals surface area contributed by atoms with Crippen LogP contribution in [0.3, 0.4) is 0 Å². The molecule has 5 aromatic rings. The summed E-state index contributed by atoms with van der Waals surface area (Å²) < 4.78 is 0. The molecule has 0 amide bonds. The van der Waals surface area contributed by atoms with Crippen molar-refractivity contribution in [2.24, 2.45) is 0 Å². The first kappa shape index (κ1) is 40.6. The Morgan fingerprint density at radius 2 is 1.37 bits per heavy atom. The third-order valence-electron chi connectivity index (χ3n) is 13.9. The van der Waals surface area contributed by atoms with Crippen LogP contribution in [0.25, 0.3) is 22.5 Å². The number of hydrogen-bond donors (Lipinski definition) is 2. The van der Waals surface area contributed by atoms with E-state index < -0.39 is 0 Å². The predicted octanol–water partition coefficient (Wildman–Crippen LogP) is 6.45. The maximum Gasteiger partial charge on any atom is 0.227 e. The average molecular weight is 806 g/mol. The van der Waals surface area contributed by atoms with Gasteiger partial charge in [-0.1, -0.05) is 54.6 Å². The monoisotopic (exact) mass is 806 g/mol. The van der Waals surface area contributed by atoms with Gasteiger partial charge < -0.3 is 25.3 Å². The first-order valence-corrected chi connectivity index (χ1v) is 22.4. The largest absolute Gasteiger partial charge is 0.354 e. The lowest BCUT2D eigenvalue weighted by Gasteiger charge is -2.49. The summed E-state index contributed by atoms with van der Waals surface area (Å²) in [5.74, 6) is 1.56. The standard InChI is InChI=1S/C49H63N11/c1-57(2)26-10-27-60(47-54-35-38-31-48(18-24-50-25-19-48)41-14-7-6-13-40(41)45(38)56-47)43(17-28-58(3)4)59-29-20-49(21-30-59)32-37-34-53-46(52-23-16-36-11-9-22-51-33-36)55-44(37)39-12-5-8-15-42(39)49/h5-9,11-15,22,33-35,43,50H,10,16-21,23-32H2,1-4H3,(H,52,53,55). The molecule has 9 rings (SSSR count). The number of anilines is 2. The van der Waals surface area contributed by atoms with E-state index in [1.165, 1.54) is 38.9 Å². The second-order valence-electron chi connectivity index (χ2n) is 18.4. The lowest BCUT2D eigenvalue weighted by molar-refractivity contribution is 0.0990. The number of pyridine rings is 1. The Morgan fingerprint density at radius 3 is 2.03 bits per heavy atom. The van der Waals surface area contributed by atoms with E-state index in [-0.39, 0.29) is 17.0 Å². The van der Waals surface area contributed by atoms with E-state index in [1.807, 2.05) is 18.5 Å². The molecule has 2 spiro atoms. The molecule has 2 aliphatic carbocycles. The Labute approximate surface area is 357 Å². The fraction of sp³-hybridized carbons (Fsp3) is 0.490. The van der Waals surface area contributed by atoms with Crippen LogP contribution in [0, 0.1) is 0 Å². The fourth-order valence-electron chi connectivity index (χ4n) is 10.7. The number of nitrogens with zero attached hydrogens (tertiary/aromatic N) is 9. The Kier molecular flexibility index (Phi) is 11.9. The summed E-state index contributed by atoms with van der Waals surface area (Å²) in [6.45, 7) is 7.81. The zero-order valence-electron chi connectivity index (χ0n) is 36.2. The Hall–Kier alpha value is -4.81. The Bertz CT molecular complexity index is 2230. The van der Waals surface area contributed by atoms with Crippen LogP contribution >= 0.6 is 0 Å². The second kappa shape index (κ2) is 17.7. The highest BCUT2D eigenvalue weighted by atomic mass is 15.4. The van der Waals surface area contributed by atoms with Gasteiger partial charge in [0.2, 0.25) is 11.9 Å². The van der Waals surface area contributed by atoms with Crippen LogP contribution < -0.4 is 15.5 Å². The summed E-state index contributed by atoms with van der Waals surface area (Å²) >= 11 is 0. The van der Waals surface area contributed by atoms with Crippen LogP contribution in [0.2, 0.25) is 0 Å². The normalized spacial score (nSPS) is 18.2. The van der Waals surface area contributed by atoms with Crippen molar-refractivity contribution < 1.29 is 0 Å². The van der Waals surface area contributed by atoms with Crippen LogP contribution in [0.15, 0.2) is 85.5 Å². The molecule has 0 bridgehead atoms. The summed E-state index contributed by atoms with van der Waals surface area (Å²) in [5.41, 5.74) is 11.6. The highest BCUT2D eigenvalue weighted by molar-refractivity contribution is 5.74. The van der Waals surface area contributed by atoms with Crippen molar-refractivity contribution in [3.63, 3.8) is 0 Å². The molecule has 1 unspecified atom stereocenters. The number of aromatic nitrogens is 5. The molecular weight excluding hydrogens is 743 g/mol. The average Bonchev–Trinajstić information content (AvgIpc) is 3.27. The maximum absolute atomic E-state index is 5.58. The highest BCUT2D eigenvalue weighted by Crippen LogP contribution is 2.49. The number of rotatable bonds is 14. The van der Waals surface area contributed by atoms with Gasteiger partial charge in [-0.25, -0.2) is 19.9 Å². The zero-order chi connectivity index (χ0) is 41.1. The van der Waals surface area contributed by atoms with Crippen molar-refractivity contribution in [2.45, 2.75) is 74.8 Å². The molecule has 1 atom stereocenters. The summed E-state index contributed by atoms with van der Waals surface area (Å²) in [6, 6.07) is 22.2. The van der Waals surface area contributed by atoms with E-state index in [1.54, 1.807) is 0 Å². The van der Waals surface area contributed by atoms with Crippen molar-refractivity contribution in [2.75, 3.05) is 90.8 Å². The van der Waals surface area contributed by atoms with E-state index in [0.717, 1.165) is 127 Å². The van der Waals surface area contributed by atoms with E-state index in [4.69, 9.17) is 19.9 Å². The zero-order valence-corrected chi connectivity index (χ0v) is 36.2. The molecule has 4 aliphatic rings. The minimum absolute atomic E-state index is 0.0389. The molecule has 5 heterocycles. The van der Waals surface area contributed by atoms with Crippen LogP contribution in [0.5, 0.6) is 0 Å². The highest BCUT2D eigenvalue weighted by Gasteiger charge is 2.45. The lowest BCUT2D eigenvalue weighted by Crippen LogP contribution is -2.56. The first-order chi connectivity index (χ1) is 29.3. The maximum atomic E-state index is 5.58. The van der Waals surface area contributed by atoms with Crippen LogP contribution in [-0.4, -0.2) is 126 Å². The first-order valence-electron chi connectivity index (χ1n) is 22.4. The van der Waals surface area contributed by atoms with Gasteiger partial charge >= 0.3 is 0 Å². The van der Waals surface area contributed by atoms with E-state index in [2.05, 4.69) is 130 Å². The Morgan fingerprint density at radius 1 is 0.717 bits per heavy atom. The van der Waals surface area contributed by atoms with Gasteiger partial charge in [0, 0.05) is 79.5 Å². The summed E-state index contributed by atoms with van der Waals surface area (Å²) in [5, 5.41) is 7.09. The molecule has 0 saturated carbocycles. The van der Waals surface area contributed by atoms with E-state index in [9.17, 15) is 0 Å². The topological polar surface area (TPSA) is 101 Å². The van der Waals surface area contributed by atoms with Gasteiger partial charge in [-0.15, -0.1) is 0 Å². The van der Waals surface area contributed by atoms with Gasteiger partial charge in [0.15, 0.2) is 0 Å². The van der Waals surface area contributed by atoms with Gasteiger partial charge in [-0.3, -0.25) is 9.88 Å². The molecule has 2 aromatic carbocycles. The second-order valence-corrected chi connectivity index (χ2v) is 18.4. The minimum Gasteiger partial charge on any atom is -0.354 e. The molecule has 2 aliphatic heterocycles. The van der Waals surface area contributed by atoms with Crippen LogP contribution in [0.4, 0.5) is 11.9 Å². The van der Waals surface area contributed by atoms with Gasteiger partial charge in [0.05, 0.1) is 17.6 Å². The molecule has 2 N–H and O–H groups in total. The van der Waals surface area contributed by atoms with E-state index >= 15 is 0 Å². The third kappa shape index (κ3) is 8.29. The fourth-order valence-corrected chi connectivity index (χ4v) is 10.7. The molecule has 11 heteroatoms. The molecule has 314 valence electrons. The number of hydrogen-bond acceptors (Lipinski definition) is 11. The van der Waals surface area contributed by atoms with Gasteiger partial charge in [0.25, 0.3) is 0 Å². The van der Waals surface area contributed by atoms with E-state index in [0.29, 0.717) is 5.95 Å². The number of likely N-dealkylation sites (tertiary alicyclic amines) is 1. The molecule has 2 saturated heterocycles. The lowest BCUT2D eigenvalue weighted by atomic mass is 9.64. The predicted molar refractivity (Wildman–Crippen MR) is 243 cm³/mol. The number of fused-ring (bicyclic) bond motifs is 8. The quantitative estimate of drug-likeness (QED) is 0.130.